The van der Waals surface area contributed by atoms with Crippen molar-refractivity contribution >= 4 is 28.0 Å². The number of sulfone groups is 1. The molecule has 0 spiro atoms. The molecule has 0 unspecified atom stereocenters. The second kappa shape index (κ2) is 10.2. The van der Waals surface area contributed by atoms with Crippen molar-refractivity contribution in [2.24, 2.45) is 5.92 Å². The van der Waals surface area contributed by atoms with Gasteiger partial charge in [0.15, 0.2) is 15.7 Å². The summed E-state index contributed by atoms with van der Waals surface area (Å²) >= 11 is 0. The number of hydrogen-bond donors (Lipinski definition) is 3. The predicted octanol–water partition coefficient (Wildman–Crippen LogP) is 1.59. The number of aromatic nitrogens is 1. The molecule has 1 rings (SSSR count). The van der Waals surface area contributed by atoms with Gasteiger partial charge in [0.25, 0.3) is 0 Å². The Kier molecular flexibility index (Phi) is 8.64. The van der Waals surface area contributed by atoms with Crippen LogP contribution in [-0.4, -0.2) is 48.8 Å². The van der Waals surface area contributed by atoms with Crippen molar-refractivity contribution in [3.8, 4) is 0 Å². The van der Waals surface area contributed by atoms with Gasteiger partial charge in [-0.3, -0.25) is 25.6 Å². The van der Waals surface area contributed by atoms with E-state index in [9.17, 15) is 23.2 Å². The summed E-state index contributed by atoms with van der Waals surface area (Å²) in [5.41, 5.74) is 6.15. The number of hydrazine groups is 1. The Morgan fingerprint density at radius 1 is 1.37 bits per heavy atom. The summed E-state index contributed by atoms with van der Waals surface area (Å²) in [6, 6.07) is 1.64. The molecular weight excluding hydrogens is 372 g/mol. The fraction of sp³-hybridized carbons (Fsp3) is 0.588. The Hall–Kier alpha value is -2.20. The minimum absolute atomic E-state index is 0.00705. The molecule has 3 N–H and O–H groups in total. The largest absolute Gasteiger partial charge is 0.286 e. The summed E-state index contributed by atoms with van der Waals surface area (Å²) < 4.78 is 24.1. The number of anilines is 1. The molecule has 0 fully saturated rings. The van der Waals surface area contributed by atoms with Gasteiger partial charge < -0.3 is 0 Å². The molecule has 1 aromatic rings. The highest BCUT2D eigenvalue weighted by atomic mass is 32.2. The number of carbonyl (C=O) groups is 2. The third-order valence-electron chi connectivity index (χ3n) is 4.02. The normalized spacial score (nSPS) is 12.3. The molecule has 0 aliphatic carbocycles. The Morgan fingerprint density at radius 2 is 2.04 bits per heavy atom. The van der Waals surface area contributed by atoms with Crippen LogP contribution < -0.4 is 10.9 Å². The monoisotopic (exact) mass is 400 g/mol. The molecule has 0 bridgehead atoms. The zero-order valence-corrected chi connectivity index (χ0v) is 17.0. The van der Waals surface area contributed by atoms with Crippen molar-refractivity contribution in [2.45, 2.75) is 51.3 Å². The summed E-state index contributed by atoms with van der Waals surface area (Å²) in [5, 5.41) is 9.84. The smallest absolute Gasteiger partial charge is 0.243 e. The van der Waals surface area contributed by atoms with Crippen LogP contribution in [0.1, 0.15) is 43.9 Å². The van der Waals surface area contributed by atoms with Gasteiger partial charge in [0.2, 0.25) is 12.3 Å². The third kappa shape index (κ3) is 7.14. The lowest BCUT2D eigenvalue weighted by Gasteiger charge is -2.20. The highest BCUT2D eigenvalue weighted by Crippen LogP contribution is 2.23. The third-order valence-corrected chi connectivity index (χ3v) is 5.27. The van der Waals surface area contributed by atoms with Crippen molar-refractivity contribution < 1.29 is 23.2 Å². The van der Waals surface area contributed by atoms with E-state index in [4.69, 9.17) is 0 Å². The van der Waals surface area contributed by atoms with E-state index in [1.54, 1.807) is 19.9 Å². The predicted molar refractivity (Wildman–Crippen MR) is 101 cm³/mol. The van der Waals surface area contributed by atoms with Crippen molar-refractivity contribution in [2.75, 3.05) is 18.2 Å². The van der Waals surface area contributed by atoms with E-state index in [-0.39, 0.29) is 23.7 Å². The number of unbranched alkanes of at least 4 members (excludes halogenated alkanes) is 2. The lowest BCUT2D eigenvalue weighted by atomic mass is 10.0. The first-order valence-corrected chi connectivity index (χ1v) is 10.6. The van der Waals surface area contributed by atoms with E-state index in [0.717, 1.165) is 25.5 Å². The number of carbonyl (C=O) groups excluding carboxylic acids is 2. The first kappa shape index (κ1) is 22.8. The maximum atomic E-state index is 12.5. The molecular formula is C17H28N4O5S. The van der Waals surface area contributed by atoms with Gasteiger partial charge in [0, 0.05) is 11.9 Å². The summed E-state index contributed by atoms with van der Waals surface area (Å²) in [5.74, 6) is -1.08. The van der Waals surface area contributed by atoms with Crippen molar-refractivity contribution in [1.29, 1.82) is 0 Å². The molecule has 10 heteroatoms. The maximum Gasteiger partial charge on any atom is 0.243 e. The zero-order chi connectivity index (χ0) is 20.6. The summed E-state index contributed by atoms with van der Waals surface area (Å²) in [4.78, 5) is 27.3. The van der Waals surface area contributed by atoms with Crippen LogP contribution in [0.4, 0.5) is 5.82 Å². The molecule has 0 aromatic carbocycles. The molecule has 1 atom stereocenters. The van der Waals surface area contributed by atoms with Crippen LogP contribution in [-0.2, 0) is 19.4 Å². The highest BCUT2D eigenvalue weighted by molar-refractivity contribution is 7.91. The SMILES string of the molecule is CCCCC[C@@H](CN(O)C=O)C(=O)NNc1nc(C)cc(C)c1S(C)(=O)=O. The fourth-order valence-electron chi connectivity index (χ4n) is 2.82. The van der Waals surface area contributed by atoms with Gasteiger partial charge in [-0.2, -0.15) is 0 Å². The van der Waals surface area contributed by atoms with Gasteiger partial charge in [-0.1, -0.05) is 26.2 Å². The number of hydrogen-bond acceptors (Lipinski definition) is 7. The van der Waals surface area contributed by atoms with E-state index in [2.05, 4.69) is 15.8 Å². The van der Waals surface area contributed by atoms with Gasteiger partial charge in [-0.15, -0.1) is 0 Å². The number of pyridine rings is 1. The first-order chi connectivity index (χ1) is 12.6. The second-order valence-corrected chi connectivity index (χ2v) is 8.52. The molecule has 0 radical (unpaired) electrons. The number of rotatable bonds is 11. The minimum atomic E-state index is -3.56. The number of nitrogens with one attached hydrogen (secondary N) is 2. The van der Waals surface area contributed by atoms with E-state index in [1.165, 1.54) is 0 Å². The molecule has 0 saturated heterocycles. The maximum absolute atomic E-state index is 12.5. The van der Waals surface area contributed by atoms with Gasteiger partial charge in [0.1, 0.15) is 4.90 Å². The summed E-state index contributed by atoms with van der Waals surface area (Å²) in [7, 11) is -3.56. The zero-order valence-electron chi connectivity index (χ0n) is 16.2. The number of nitrogens with zero attached hydrogens (tertiary/aromatic N) is 2. The average molecular weight is 401 g/mol. The Morgan fingerprint density at radius 3 is 2.59 bits per heavy atom. The topological polar surface area (TPSA) is 129 Å². The molecule has 1 aromatic heterocycles. The molecule has 1 heterocycles. The van der Waals surface area contributed by atoms with Crippen LogP contribution in [0.2, 0.25) is 0 Å². The van der Waals surface area contributed by atoms with Crippen LogP contribution in [0.15, 0.2) is 11.0 Å². The van der Waals surface area contributed by atoms with Crippen LogP contribution >= 0.6 is 0 Å². The standard InChI is InChI=1S/C17H28N4O5S/c1-5-6-7-8-14(10-21(24)11-22)17(23)20-19-16-15(27(4,25)26)12(2)9-13(3)18-16/h9,11,14,24H,5-8,10H2,1-4H3,(H,18,19)(H,20,23)/t14-/m0/s1. The lowest BCUT2D eigenvalue weighted by molar-refractivity contribution is -0.154. The Bertz CT molecular complexity index is 767. The van der Waals surface area contributed by atoms with Crippen molar-refractivity contribution in [3.63, 3.8) is 0 Å². The molecule has 0 saturated carbocycles. The van der Waals surface area contributed by atoms with Crippen LogP contribution in [0.3, 0.4) is 0 Å². The van der Waals surface area contributed by atoms with Gasteiger partial charge in [-0.25, -0.2) is 18.5 Å². The Labute approximate surface area is 160 Å². The number of aryl methyl sites for hydroxylation is 2. The fourth-order valence-corrected chi connectivity index (χ4v) is 3.91. The van der Waals surface area contributed by atoms with Crippen LogP contribution in [0.5, 0.6) is 0 Å². The van der Waals surface area contributed by atoms with E-state index in [1.807, 2.05) is 6.92 Å². The second-order valence-electron chi connectivity index (χ2n) is 6.56. The number of hydroxylamine groups is 2. The molecule has 0 aliphatic rings. The van der Waals surface area contributed by atoms with Gasteiger partial charge in [0.05, 0.1) is 12.5 Å². The van der Waals surface area contributed by atoms with E-state index >= 15 is 0 Å². The summed E-state index contributed by atoms with van der Waals surface area (Å²) in [6.07, 6.45) is 4.43. The lowest BCUT2D eigenvalue weighted by Crippen LogP contribution is -2.40. The van der Waals surface area contributed by atoms with Gasteiger partial charge in [-0.05, 0) is 31.9 Å². The van der Waals surface area contributed by atoms with Crippen LogP contribution in [0.25, 0.3) is 0 Å². The van der Waals surface area contributed by atoms with Gasteiger partial charge >= 0.3 is 0 Å². The molecule has 2 amide bonds. The molecule has 0 aliphatic heterocycles. The highest BCUT2D eigenvalue weighted by Gasteiger charge is 2.23. The average Bonchev–Trinajstić information content (AvgIpc) is 2.56. The number of amides is 2. The Balaban J connectivity index is 2.96. The summed E-state index contributed by atoms with van der Waals surface area (Å²) in [6.45, 7) is 5.24. The quantitative estimate of drug-likeness (QED) is 0.223. The molecule has 27 heavy (non-hydrogen) atoms. The van der Waals surface area contributed by atoms with Crippen molar-refractivity contribution in [3.05, 3.63) is 17.3 Å². The first-order valence-electron chi connectivity index (χ1n) is 8.75. The minimum Gasteiger partial charge on any atom is -0.286 e. The van der Waals surface area contributed by atoms with E-state index in [0.29, 0.717) is 22.7 Å². The van der Waals surface area contributed by atoms with Crippen molar-refractivity contribution in [1.82, 2.24) is 15.5 Å². The molecule has 9 nitrogen and oxygen atoms in total. The van der Waals surface area contributed by atoms with Crippen LogP contribution in [0, 0.1) is 19.8 Å². The molecule has 152 valence electrons. The van der Waals surface area contributed by atoms with E-state index < -0.39 is 21.7 Å².